The number of anilines is 1. The van der Waals surface area contributed by atoms with Crippen molar-refractivity contribution in [2.45, 2.75) is 26.7 Å². The van der Waals surface area contributed by atoms with Gasteiger partial charge in [0.25, 0.3) is 0 Å². The Kier molecular flexibility index (Phi) is 5.47. The first-order chi connectivity index (χ1) is 12.6. The van der Waals surface area contributed by atoms with Crippen LogP contribution in [0.2, 0.25) is 0 Å². The molecule has 3 rings (SSSR count). The predicted molar refractivity (Wildman–Crippen MR) is 109 cm³/mol. The maximum absolute atomic E-state index is 13.0. The standard InChI is InChI=1S/C23H24N2O/c1-3-23(2,16-8-12-18-10-5-4-6-11-18)22(26)25-20-15-7-13-19-14-9-17-24-21(19)20/h4-15,17H,3,16H2,1-2H3,(H,25,26)/b12-8+. The lowest BCUT2D eigenvalue weighted by atomic mass is 9.82. The second-order valence-electron chi connectivity index (χ2n) is 6.77. The third-order valence-corrected chi connectivity index (χ3v) is 4.89. The van der Waals surface area contributed by atoms with Crippen LogP contribution in [0, 0.1) is 5.41 Å². The second kappa shape index (κ2) is 7.96. The van der Waals surface area contributed by atoms with Gasteiger partial charge in [-0.2, -0.15) is 0 Å². The van der Waals surface area contributed by atoms with E-state index in [4.69, 9.17) is 0 Å². The molecule has 0 aliphatic rings. The number of aromatic nitrogens is 1. The molecule has 132 valence electrons. The average Bonchev–Trinajstić information content (AvgIpc) is 2.69. The molecule has 0 spiro atoms. The number of benzene rings is 2. The van der Waals surface area contributed by atoms with Gasteiger partial charge in [0, 0.05) is 17.0 Å². The Morgan fingerprint density at radius 1 is 1.08 bits per heavy atom. The fourth-order valence-electron chi connectivity index (χ4n) is 2.90. The highest BCUT2D eigenvalue weighted by atomic mass is 16.2. The van der Waals surface area contributed by atoms with Crippen LogP contribution in [-0.4, -0.2) is 10.9 Å². The van der Waals surface area contributed by atoms with E-state index >= 15 is 0 Å². The number of pyridine rings is 1. The van der Waals surface area contributed by atoms with E-state index in [0.717, 1.165) is 28.6 Å². The van der Waals surface area contributed by atoms with E-state index in [2.05, 4.69) is 41.5 Å². The zero-order chi connectivity index (χ0) is 18.4. The van der Waals surface area contributed by atoms with Gasteiger partial charge in [0.05, 0.1) is 11.2 Å². The summed E-state index contributed by atoms with van der Waals surface area (Å²) in [7, 11) is 0. The van der Waals surface area contributed by atoms with Gasteiger partial charge in [-0.1, -0.05) is 74.5 Å². The number of fused-ring (bicyclic) bond motifs is 1. The molecular weight excluding hydrogens is 320 g/mol. The number of para-hydroxylation sites is 1. The molecule has 1 heterocycles. The molecule has 0 saturated carbocycles. The van der Waals surface area contributed by atoms with Crippen LogP contribution in [0.5, 0.6) is 0 Å². The van der Waals surface area contributed by atoms with E-state index in [1.165, 1.54) is 0 Å². The maximum atomic E-state index is 13.0. The number of nitrogens with zero attached hydrogens (tertiary/aromatic N) is 1. The molecule has 0 aliphatic heterocycles. The molecule has 3 aromatic rings. The van der Waals surface area contributed by atoms with Crippen molar-refractivity contribution in [1.82, 2.24) is 4.98 Å². The van der Waals surface area contributed by atoms with Gasteiger partial charge in [-0.05, 0) is 30.5 Å². The zero-order valence-electron chi connectivity index (χ0n) is 15.3. The number of hydrogen-bond donors (Lipinski definition) is 1. The number of amides is 1. The lowest BCUT2D eigenvalue weighted by molar-refractivity contribution is -0.124. The highest BCUT2D eigenvalue weighted by Gasteiger charge is 2.30. The van der Waals surface area contributed by atoms with Crippen LogP contribution in [0.25, 0.3) is 17.0 Å². The summed E-state index contributed by atoms with van der Waals surface area (Å²) in [5.41, 5.74) is 2.26. The molecule has 3 nitrogen and oxygen atoms in total. The monoisotopic (exact) mass is 344 g/mol. The van der Waals surface area contributed by atoms with Gasteiger partial charge in [0.15, 0.2) is 0 Å². The lowest BCUT2D eigenvalue weighted by Crippen LogP contribution is -2.32. The number of carbonyl (C=O) groups is 1. The summed E-state index contributed by atoms with van der Waals surface area (Å²) in [6.45, 7) is 4.06. The fraction of sp³-hybridized carbons (Fsp3) is 0.217. The van der Waals surface area contributed by atoms with Gasteiger partial charge in [-0.15, -0.1) is 0 Å². The van der Waals surface area contributed by atoms with E-state index in [0.29, 0.717) is 6.42 Å². The van der Waals surface area contributed by atoms with Gasteiger partial charge in [-0.3, -0.25) is 9.78 Å². The Hall–Kier alpha value is -2.94. The van der Waals surface area contributed by atoms with Crippen LogP contribution in [0.4, 0.5) is 5.69 Å². The number of nitrogens with one attached hydrogen (secondary N) is 1. The largest absolute Gasteiger partial charge is 0.324 e. The number of allylic oxidation sites excluding steroid dienone is 1. The third-order valence-electron chi connectivity index (χ3n) is 4.89. The first-order valence-electron chi connectivity index (χ1n) is 8.99. The molecule has 0 aliphatic carbocycles. The minimum atomic E-state index is -0.470. The summed E-state index contributed by atoms with van der Waals surface area (Å²) in [4.78, 5) is 17.4. The molecule has 0 bridgehead atoms. The van der Waals surface area contributed by atoms with E-state index < -0.39 is 5.41 Å². The molecule has 1 unspecified atom stereocenters. The van der Waals surface area contributed by atoms with Crippen molar-refractivity contribution >= 4 is 28.6 Å². The molecule has 2 aromatic carbocycles. The molecule has 1 atom stereocenters. The molecule has 1 amide bonds. The minimum absolute atomic E-state index is 0.0239. The van der Waals surface area contributed by atoms with Crippen molar-refractivity contribution < 1.29 is 4.79 Å². The SMILES string of the molecule is CCC(C)(C/C=C/c1ccccc1)C(=O)Nc1cccc2cccnc12. The molecule has 26 heavy (non-hydrogen) atoms. The van der Waals surface area contributed by atoms with Gasteiger partial charge >= 0.3 is 0 Å². The van der Waals surface area contributed by atoms with E-state index in [9.17, 15) is 4.79 Å². The Bertz CT molecular complexity index is 912. The molecular formula is C23H24N2O. The molecule has 3 heteroatoms. The third kappa shape index (κ3) is 3.99. The summed E-state index contributed by atoms with van der Waals surface area (Å²) in [6.07, 6.45) is 7.35. The average molecular weight is 344 g/mol. The zero-order valence-corrected chi connectivity index (χ0v) is 15.3. The summed E-state index contributed by atoms with van der Waals surface area (Å²) in [5.74, 6) is 0.0239. The first kappa shape index (κ1) is 17.9. The van der Waals surface area contributed by atoms with Crippen LogP contribution in [0.3, 0.4) is 0 Å². The second-order valence-corrected chi connectivity index (χ2v) is 6.77. The van der Waals surface area contributed by atoms with Crippen LogP contribution in [-0.2, 0) is 4.79 Å². The molecule has 1 aromatic heterocycles. The Morgan fingerprint density at radius 3 is 2.62 bits per heavy atom. The van der Waals surface area contributed by atoms with Gasteiger partial charge < -0.3 is 5.32 Å². The fourth-order valence-corrected chi connectivity index (χ4v) is 2.90. The quantitative estimate of drug-likeness (QED) is 0.624. The van der Waals surface area contributed by atoms with Gasteiger partial charge in [0.1, 0.15) is 0 Å². The maximum Gasteiger partial charge on any atom is 0.230 e. The van der Waals surface area contributed by atoms with Crippen LogP contribution in [0.15, 0.2) is 72.9 Å². The van der Waals surface area contributed by atoms with Crippen LogP contribution < -0.4 is 5.32 Å². The molecule has 0 radical (unpaired) electrons. The number of carbonyl (C=O) groups excluding carboxylic acids is 1. The normalized spacial score (nSPS) is 13.6. The van der Waals surface area contributed by atoms with Crippen molar-refractivity contribution in [1.29, 1.82) is 0 Å². The van der Waals surface area contributed by atoms with Crippen molar-refractivity contribution in [3.63, 3.8) is 0 Å². The lowest BCUT2D eigenvalue weighted by Gasteiger charge is -2.26. The summed E-state index contributed by atoms with van der Waals surface area (Å²) >= 11 is 0. The van der Waals surface area contributed by atoms with E-state index in [1.54, 1.807) is 6.20 Å². The summed E-state index contributed by atoms with van der Waals surface area (Å²) in [6, 6.07) is 19.9. The topological polar surface area (TPSA) is 42.0 Å². The minimum Gasteiger partial charge on any atom is -0.324 e. The van der Waals surface area contributed by atoms with Crippen LogP contribution >= 0.6 is 0 Å². The first-order valence-corrected chi connectivity index (χ1v) is 8.99. The van der Waals surface area contributed by atoms with E-state index in [-0.39, 0.29) is 5.91 Å². The van der Waals surface area contributed by atoms with Gasteiger partial charge in [0.2, 0.25) is 5.91 Å². The Balaban J connectivity index is 1.76. The highest BCUT2D eigenvalue weighted by Crippen LogP contribution is 2.30. The number of rotatable bonds is 6. The molecule has 1 N–H and O–H groups in total. The van der Waals surface area contributed by atoms with Crippen LogP contribution in [0.1, 0.15) is 32.3 Å². The van der Waals surface area contributed by atoms with Crippen molar-refractivity contribution in [3.8, 4) is 0 Å². The van der Waals surface area contributed by atoms with Crippen molar-refractivity contribution in [2.24, 2.45) is 5.41 Å². The van der Waals surface area contributed by atoms with Crippen molar-refractivity contribution in [3.05, 3.63) is 78.5 Å². The smallest absolute Gasteiger partial charge is 0.230 e. The Labute approximate surface area is 154 Å². The van der Waals surface area contributed by atoms with E-state index in [1.807, 2.05) is 55.5 Å². The van der Waals surface area contributed by atoms with Crippen molar-refractivity contribution in [2.75, 3.05) is 5.32 Å². The highest BCUT2D eigenvalue weighted by molar-refractivity contribution is 6.02. The number of hydrogen-bond acceptors (Lipinski definition) is 2. The Morgan fingerprint density at radius 2 is 1.85 bits per heavy atom. The van der Waals surface area contributed by atoms with Gasteiger partial charge in [-0.25, -0.2) is 0 Å². The predicted octanol–water partition coefficient (Wildman–Crippen LogP) is 5.69. The molecule has 0 fully saturated rings. The summed E-state index contributed by atoms with van der Waals surface area (Å²) < 4.78 is 0. The molecule has 0 saturated heterocycles. The summed E-state index contributed by atoms with van der Waals surface area (Å²) in [5, 5.41) is 4.11.